The third-order valence-electron chi connectivity index (χ3n) is 5.07. The number of alkyl halides is 3. The van der Waals surface area contributed by atoms with Gasteiger partial charge in [0.2, 0.25) is 5.95 Å². The molecule has 0 unspecified atom stereocenters. The Balaban J connectivity index is 0.000000339. The van der Waals surface area contributed by atoms with E-state index in [1.54, 1.807) is 7.05 Å². The van der Waals surface area contributed by atoms with Crippen molar-refractivity contribution in [2.24, 2.45) is 14.1 Å². The molecule has 1 aliphatic carbocycles. The number of carboxylic acids is 1. The van der Waals surface area contributed by atoms with Gasteiger partial charge in [-0.25, -0.2) is 9.59 Å². The Hall–Kier alpha value is -3.09. The second-order valence-corrected chi connectivity index (χ2v) is 7.30. The maximum atomic E-state index is 12.7. The van der Waals surface area contributed by atoms with Crippen LogP contribution in [0.25, 0.3) is 11.2 Å². The normalized spacial score (nSPS) is 16.2. The predicted molar refractivity (Wildman–Crippen MR) is 106 cm³/mol. The van der Waals surface area contributed by atoms with Crippen molar-refractivity contribution in [3.8, 4) is 0 Å². The Bertz CT molecular complexity index is 1130. The molecule has 0 aromatic carbocycles. The average molecular weight is 444 g/mol. The number of nitrogens with one attached hydrogen (secondary N) is 1. The summed E-state index contributed by atoms with van der Waals surface area (Å²) in [7, 11) is 3.19. The van der Waals surface area contributed by atoms with Gasteiger partial charge < -0.3 is 19.9 Å². The van der Waals surface area contributed by atoms with E-state index in [0.29, 0.717) is 17.7 Å². The number of halogens is 3. The summed E-state index contributed by atoms with van der Waals surface area (Å²) in [4.78, 5) is 40.7. The monoisotopic (exact) mass is 444 g/mol. The van der Waals surface area contributed by atoms with E-state index in [-0.39, 0.29) is 11.2 Å². The molecule has 2 fully saturated rings. The van der Waals surface area contributed by atoms with Gasteiger partial charge in [0.15, 0.2) is 11.2 Å². The second kappa shape index (κ2) is 8.57. The first-order chi connectivity index (χ1) is 14.5. The van der Waals surface area contributed by atoms with E-state index in [9.17, 15) is 22.8 Å². The van der Waals surface area contributed by atoms with Crippen LogP contribution in [0.5, 0.6) is 0 Å². The number of hydrogen-bond donors (Lipinski definition) is 2. The molecule has 0 bridgehead atoms. The van der Waals surface area contributed by atoms with Gasteiger partial charge in [0.1, 0.15) is 0 Å². The molecule has 170 valence electrons. The van der Waals surface area contributed by atoms with Crippen molar-refractivity contribution >= 4 is 23.1 Å². The Morgan fingerprint density at radius 3 is 2.26 bits per heavy atom. The Morgan fingerprint density at radius 1 is 1.16 bits per heavy atom. The predicted octanol–water partition coefficient (Wildman–Crippen LogP) is 0.197. The Morgan fingerprint density at radius 2 is 1.74 bits per heavy atom. The average Bonchev–Trinajstić information content (AvgIpc) is 3.48. The zero-order valence-electron chi connectivity index (χ0n) is 17.1. The van der Waals surface area contributed by atoms with Gasteiger partial charge in [0.05, 0.1) is 0 Å². The number of aliphatic carboxylic acids is 1. The van der Waals surface area contributed by atoms with E-state index in [2.05, 4.69) is 21.3 Å². The van der Waals surface area contributed by atoms with Crippen LogP contribution in [0, 0.1) is 0 Å². The summed E-state index contributed by atoms with van der Waals surface area (Å²) in [6.07, 6.45) is -0.616. The number of allylic oxidation sites excluding steroid dienone is 2. The van der Waals surface area contributed by atoms with Crippen LogP contribution < -0.4 is 21.5 Å². The quantitative estimate of drug-likeness (QED) is 0.650. The fourth-order valence-electron chi connectivity index (χ4n) is 3.21. The van der Waals surface area contributed by atoms with Gasteiger partial charge >= 0.3 is 17.8 Å². The zero-order valence-corrected chi connectivity index (χ0v) is 17.1. The zero-order chi connectivity index (χ0) is 22.9. The van der Waals surface area contributed by atoms with Crippen LogP contribution in [0.15, 0.2) is 21.2 Å². The lowest BCUT2D eigenvalue weighted by Gasteiger charge is -2.28. The summed E-state index contributed by atoms with van der Waals surface area (Å²) < 4.78 is 36.3. The third kappa shape index (κ3) is 4.81. The van der Waals surface area contributed by atoms with E-state index >= 15 is 0 Å². The molecule has 10 nitrogen and oxygen atoms in total. The van der Waals surface area contributed by atoms with E-state index in [1.807, 2.05) is 4.57 Å². The van der Waals surface area contributed by atoms with Gasteiger partial charge in [-0.3, -0.25) is 13.9 Å². The lowest BCUT2D eigenvalue weighted by molar-refractivity contribution is -0.192. The molecule has 0 amide bonds. The smallest absolute Gasteiger partial charge is 0.475 e. The van der Waals surface area contributed by atoms with Gasteiger partial charge in [0.25, 0.3) is 5.56 Å². The number of rotatable bonds is 3. The van der Waals surface area contributed by atoms with Crippen molar-refractivity contribution in [3.05, 3.63) is 32.5 Å². The van der Waals surface area contributed by atoms with E-state index in [0.717, 1.165) is 49.5 Å². The van der Waals surface area contributed by atoms with E-state index in [4.69, 9.17) is 9.90 Å². The van der Waals surface area contributed by atoms with E-state index in [1.165, 1.54) is 17.2 Å². The molecule has 2 aromatic heterocycles. The fourth-order valence-corrected chi connectivity index (χ4v) is 3.21. The molecule has 1 saturated carbocycles. The first kappa shape index (κ1) is 22.6. The number of fused-ring (bicyclic) bond motifs is 1. The summed E-state index contributed by atoms with van der Waals surface area (Å²) in [5, 5.41) is 10.5. The number of imidazole rings is 1. The molecule has 3 heterocycles. The molecule has 13 heteroatoms. The molecule has 31 heavy (non-hydrogen) atoms. The van der Waals surface area contributed by atoms with Gasteiger partial charge in [-0.05, 0) is 12.8 Å². The highest BCUT2D eigenvalue weighted by molar-refractivity contribution is 5.75. The third-order valence-corrected chi connectivity index (χ3v) is 5.07. The standard InChI is InChI=1S/C16H22N6O2.C2HF3O2/c1-19-13-12(14(23)20(2)16(19)24)22(8-5-11-3-4-11)15(18-13)21-9-6-17-7-10-21;3-2(4,5)1(6)7/h5,17H,3-4,6-10H2,1-2H3;(H,6,7). The summed E-state index contributed by atoms with van der Waals surface area (Å²) in [6.45, 7) is 4.09. The molecule has 2 aliphatic rings. The highest BCUT2D eigenvalue weighted by Gasteiger charge is 2.38. The van der Waals surface area contributed by atoms with Gasteiger partial charge in [-0.15, -0.1) is 0 Å². The fraction of sp³-hybridized carbons (Fsp3) is 0.556. The molecular formula is C18H23F3N6O4. The lowest BCUT2D eigenvalue weighted by atomic mass is 10.4. The molecule has 4 rings (SSSR count). The molecule has 0 radical (unpaired) electrons. The maximum Gasteiger partial charge on any atom is 0.490 e. The van der Waals surface area contributed by atoms with Crippen molar-refractivity contribution in [2.75, 3.05) is 31.1 Å². The number of carboxylic acid groups (broad SMARTS) is 1. The number of hydrogen-bond acceptors (Lipinski definition) is 6. The highest BCUT2D eigenvalue weighted by Crippen LogP contribution is 2.28. The van der Waals surface area contributed by atoms with Gasteiger partial charge in [0, 0.05) is 46.8 Å². The minimum atomic E-state index is -5.08. The first-order valence-corrected chi connectivity index (χ1v) is 9.62. The topological polar surface area (TPSA) is 114 Å². The number of anilines is 1. The second-order valence-electron chi connectivity index (χ2n) is 7.30. The molecule has 0 spiro atoms. The molecular weight excluding hydrogens is 421 g/mol. The van der Waals surface area contributed by atoms with Crippen LogP contribution in [0.2, 0.25) is 0 Å². The molecule has 2 aromatic rings. The largest absolute Gasteiger partial charge is 0.490 e. The van der Waals surface area contributed by atoms with E-state index < -0.39 is 12.1 Å². The molecule has 1 saturated heterocycles. The number of carbonyl (C=O) groups is 1. The minimum Gasteiger partial charge on any atom is -0.475 e. The van der Waals surface area contributed by atoms with Crippen LogP contribution in [0.3, 0.4) is 0 Å². The molecule has 1 aliphatic heterocycles. The summed E-state index contributed by atoms with van der Waals surface area (Å²) >= 11 is 0. The number of aryl methyl sites for hydroxylation is 1. The van der Waals surface area contributed by atoms with Crippen LogP contribution in [0.1, 0.15) is 12.8 Å². The number of aromatic nitrogens is 4. The number of piperazine rings is 1. The van der Waals surface area contributed by atoms with Crippen molar-refractivity contribution in [1.82, 2.24) is 24.0 Å². The van der Waals surface area contributed by atoms with Crippen LogP contribution in [-0.2, 0) is 25.4 Å². The summed E-state index contributed by atoms with van der Waals surface area (Å²) in [6, 6.07) is 0. The molecule has 2 N–H and O–H groups in total. The van der Waals surface area contributed by atoms with Crippen molar-refractivity contribution in [2.45, 2.75) is 25.6 Å². The maximum absolute atomic E-state index is 12.7. The summed E-state index contributed by atoms with van der Waals surface area (Å²) in [5.41, 5.74) is 1.77. The Kier molecular flexibility index (Phi) is 6.25. The van der Waals surface area contributed by atoms with Crippen LogP contribution in [-0.4, -0.2) is 62.1 Å². The van der Waals surface area contributed by atoms with Crippen molar-refractivity contribution < 1.29 is 23.1 Å². The molecule has 0 atom stereocenters. The summed E-state index contributed by atoms with van der Waals surface area (Å²) in [5.74, 6) is -1.98. The highest BCUT2D eigenvalue weighted by atomic mass is 19.4. The first-order valence-electron chi connectivity index (χ1n) is 9.62. The van der Waals surface area contributed by atoms with Crippen LogP contribution in [0.4, 0.5) is 19.1 Å². The minimum absolute atomic E-state index is 0.281. The lowest BCUT2D eigenvalue weighted by Crippen LogP contribution is -2.44. The van der Waals surface area contributed by atoms with Gasteiger partial charge in [-0.1, -0.05) is 11.6 Å². The van der Waals surface area contributed by atoms with Crippen molar-refractivity contribution in [1.29, 1.82) is 0 Å². The van der Waals surface area contributed by atoms with Gasteiger partial charge in [-0.2, -0.15) is 18.2 Å². The van der Waals surface area contributed by atoms with Crippen LogP contribution >= 0.6 is 0 Å². The Labute approximate surface area is 174 Å². The SMILES string of the molecule is Cn1c(=O)c2c(nc(N3CCNCC3)n2CC=C2CC2)n(C)c1=O.O=C(O)C(F)(F)F. The van der Waals surface area contributed by atoms with Crippen molar-refractivity contribution in [3.63, 3.8) is 0 Å². The number of nitrogens with zero attached hydrogens (tertiary/aromatic N) is 5.